The van der Waals surface area contributed by atoms with Gasteiger partial charge in [-0.1, -0.05) is 12.8 Å². The molecule has 0 aliphatic heterocycles. The van der Waals surface area contributed by atoms with E-state index in [2.05, 4.69) is 5.32 Å². The fourth-order valence-electron chi connectivity index (χ4n) is 2.70. The third kappa shape index (κ3) is 4.55. The number of aliphatic hydroxyl groups excluding tert-OH is 1. The van der Waals surface area contributed by atoms with Gasteiger partial charge >= 0.3 is 6.18 Å². The van der Waals surface area contributed by atoms with Crippen molar-refractivity contribution < 1.29 is 23.1 Å². The Morgan fingerprint density at radius 1 is 1.40 bits per heavy atom. The lowest BCUT2D eigenvalue weighted by Gasteiger charge is -2.33. The second-order valence-electron chi connectivity index (χ2n) is 5.29. The molecule has 4 unspecified atom stereocenters. The largest absolute Gasteiger partial charge is 0.395 e. The molecule has 1 fully saturated rings. The van der Waals surface area contributed by atoms with E-state index in [-0.39, 0.29) is 30.7 Å². The van der Waals surface area contributed by atoms with Crippen LogP contribution in [0.15, 0.2) is 0 Å². The Morgan fingerprint density at radius 2 is 2.00 bits per heavy atom. The van der Waals surface area contributed by atoms with Crippen molar-refractivity contribution in [2.75, 3.05) is 12.9 Å². The molecular formula is C13H22F3NO2S. The minimum Gasteiger partial charge on any atom is -0.395 e. The number of halogens is 3. The Kier molecular flexibility index (Phi) is 6.64. The van der Waals surface area contributed by atoms with Crippen molar-refractivity contribution in [3.05, 3.63) is 0 Å². The molecule has 1 rings (SSSR count). The number of hydrogen-bond acceptors (Lipinski definition) is 3. The summed E-state index contributed by atoms with van der Waals surface area (Å²) in [7, 11) is 0. The van der Waals surface area contributed by atoms with Crippen LogP contribution in [-0.2, 0) is 4.79 Å². The second kappa shape index (κ2) is 7.54. The van der Waals surface area contributed by atoms with Crippen LogP contribution in [0.5, 0.6) is 0 Å². The minimum atomic E-state index is -4.32. The Labute approximate surface area is 121 Å². The maximum atomic E-state index is 13.0. The third-order valence-electron chi connectivity index (χ3n) is 3.93. The first-order valence-corrected chi connectivity index (χ1v) is 8.10. The summed E-state index contributed by atoms with van der Waals surface area (Å²) in [5.41, 5.74) is 0. The Morgan fingerprint density at radius 3 is 2.50 bits per heavy atom. The molecule has 0 aromatic rings. The van der Waals surface area contributed by atoms with Gasteiger partial charge in [0.05, 0.1) is 12.5 Å². The first-order chi connectivity index (χ1) is 9.31. The summed E-state index contributed by atoms with van der Waals surface area (Å²) < 4.78 is 38.9. The molecule has 0 saturated heterocycles. The number of amides is 1. The highest BCUT2D eigenvalue weighted by Gasteiger charge is 2.48. The smallest absolute Gasteiger partial charge is 0.392 e. The van der Waals surface area contributed by atoms with E-state index in [0.29, 0.717) is 12.8 Å². The van der Waals surface area contributed by atoms with Crippen molar-refractivity contribution in [2.45, 2.75) is 50.1 Å². The van der Waals surface area contributed by atoms with E-state index < -0.39 is 23.9 Å². The molecule has 0 aromatic carbocycles. The molecule has 3 nitrogen and oxygen atoms in total. The predicted molar refractivity (Wildman–Crippen MR) is 73.5 cm³/mol. The van der Waals surface area contributed by atoms with Gasteiger partial charge in [-0.15, -0.1) is 0 Å². The molecule has 1 saturated carbocycles. The molecule has 20 heavy (non-hydrogen) atoms. The Balaban J connectivity index is 2.68. The van der Waals surface area contributed by atoms with Crippen LogP contribution in [0.25, 0.3) is 0 Å². The predicted octanol–water partition coefficient (Wildman–Crippen LogP) is 2.58. The highest BCUT2D eigenvalue weighted by atomic mass is 32.2. The number of thioether (sulfide) groups is 1. The van der Waals surface area contributed by atoms with E-state index in [1.165, 1.54) is 11.8 Å². The SMILES string of the molecule is CSC(CO)C(C)NC(=O)C1CCCCC1C(F)(F)F. The maximum Gasteiger partial charge on any atom is 0.392 e. The van der Waals surface area contributed by atoms with Crippen molar-refractivity contribution in [1.82, 2.24) is 5.32 Å². The first-order valence-electron chi connectivity index (χ1n) is 6.82. The van der Waals surface area contributed by atoms with E-state index in [0.717, 1.165) is 0 Å². The molecule has 0 bridgehead atoms. The van der Waals surface area contributed by atoms with Crippen LogP contribution >= 0.6 is 11.8 Å². The highest BCUT2D eigenvalue weighted by molar-refractivity contribution is 7.99. The maximum absolute atomic E-state index is 13.0. The number of hydrogen-bond donors (Lipinski definition) is 2. The standard InChI is InChI=1S/C13H22F3NO2S/c1-8(11(7-18)20-2)17-12(19)9-5-3-4-6-10(9)13(14,15)16/h8-11,18H,3-7H2,1-2H3,(H,17,19). The van der Waals surface area contributed by atoms with Crippen LogP contribution in [0, 0.1) is 11.8 Å². The molecular weight excluding hydrogens is 291 g/mol. The zero-order valence-corrected chi connectivity index (χ0v) is 12.6. The van der Waals surface area contributed by atoms with Crippen molar-refractivity contribution in [2.24, 2.45) is 11.8 Å². The lowest BCUT2D eigenvalue weighted by Crippen LogP contribution is -2.48. The lowest BCUT2D eigenvalue weighted by molar-refractivity contribution is -0.198. The normalized spacial score (nSPS) is 26.9. The summed E-state index contributed by atoms with van der Waals surface area (Å²) in [6.07, 6.45) is -1.03. The van der Waals surface area contributed by atoms with Crippen molar-refractivity contribution in [3.63, 3.8) is 0 Å². The van der Waals surface area contributed by atoms with Crippen molar-refractivity contribution in [1.29, 1.82) is 0 Å². The third-order valence-corrected chi connectivity index (χ3v) is 5.10. The lowest BCUT2D eigenvalue weighted by atomic mass is 9.78. The fourth-order valence-corrected chi connectivity index (χ4v) is 3.32. The van der Waals surface area contributed by atoms with Crippen LogP contribution in [-0.4, -0.2) is 41.3 Å². The summed E-state index contributed by atoms with van der Waals surface area (Å²) >= 11 is 1.39. The molecule has 118 valence electrons. The number of alkyl halides is 3. The van der Waals surface area contributed by atoms with Crippen LogP contribution in [0.4, 0.5) is 13.2 Å². The van der Waals surface area contributed by atoms with Crippen LogP contribution in [0.3, 0.4) is 0 Å². The highest BCUT2D eigenvalue weighted by Crippen LogP contribution is 2.41. The average molecular weight is 313 g/mol. The van der Waals surface area contributed by atoms with Gasteiger partial charge in [0, 0.05) is 17.2 Å². The molecule has 1 aliphatic rings. The fraction of sp³-hybridized carbons (Fsp3) is 0.923. The number of aliphatic hydroxyl groups is 1. The zero-order chi connectivity index (χ0) is 15.3. The quantitative estimate of drug-likeness (QED) is 0.820. The molecule has 0 spiro atoms. The number of nitrogens with one attached hydrogen (secondary N) is 1. The van der Waals surface area contributed by atoms with E-state index in [4.69, 9.17) is 5.11 Å². The number of rotatable bonds is 5. The van der Waals surface area contributed by atoms with Gasteiger partial charge in [0.1, 0.15) is 0 Å². The molecule has 0 radical (unpaired) electrons. The van der Waals surface area contributed by atoms with Gasteiger partial charge in [-0.2, -0.15) is 24.9 Å². The van der Waals surface area contributed by atoms with Gasteiger partial charge in [0.2, 0.25) is 5.91 Å². The molecule has 1 aliphatic carbocycles. The second-order valence-corrected chi connectivity index (χ2v) is 6.37. The summed E-state index contributed by atoms with van der Waals surface area (Å²) in [6.45, 7) is 1.59. The summed E-state index contributed by atoms with van der Waals surface area (Å²) in [5, 5.41) is 11.6. The monoisotopic (exact) mass is 313 g/mol. The van der Waals surface area contributed by atoms with Crippen molar-refractivity contribution >= 4 is 17.7 Å². The van der Waals surface area contributed by atoms with Crippen LogP contribution in [0.1, 0.15) is 32.6 Å². The first kappa shape index (κ1) is 17.6. The van der Waals surface area contributed by atoms with Crippen molar-refractivity contribution in [3.8, 4) is 0 Å². The summed E-state index contributed by atoms with van der Waals surface area (Å²) in [6, 6.07) is -0.349. The molecule has 4 atom stereocenters. The van der Waals surface area contributed by atoms with Gasteiger partial charge in [0.25, 0.3) is 0 Å². The molecule has 0 heterocycles. The van der Waals surface area contributed by atoms with Gasteiger partial charge in [-0.3, -0.25) is 4.79 Å². The van der Waals surface area contributed by atoms with E-state index in [1.54, 1.807) is 13.2 Å². The molecule has 7 heteroatoms. The van der Waals surface area contributed by atoms with Crippen LogP contribution < -0.4 is 5.32 Å². The minimum absolute atomic E-state index is 0.0297. The van der Waals surface area contributed by atoms with Crippen LogP contribution in [0.2, 0.25) is 0 Å². The van der Waals surface area contributed by atoms with E-state index in [9.17, 15) is 18.0 Å². The average Bonchev–Trinajstić information content (AvgIpc) is 2.39. The van der Waals surface area contributed by atoms with Gasteiger partial charge in [-0.05, 0) is 26.0 Å². The van der Waals surface area contributed by atoms with E-state index >= 15 is 0 Å². The zero-order valence-electron chi connectivity index (χ0n) is 11.7. The Bertz CT molecular complexity index is 321. The number of carbonyl (C=O) groups excluding carboxylic acids is 1. The van der Waals surface area contributed by atoms with E-state index in [1.807, 2.05) is 0 Å². The molecule has 1 amide bonds. The van der Waals surface area contributed by atoms with Gasteiger partial charge < -0.3 is 10.4 Å². The topological polar surface area (TPSA) is 49.3 Å². The summed E-state index contributed by atoms with van der Waals surface area (Å²) in [5.74, 6) is -3.07. The Hall–Kier alpha value is -0.430. The van der Waals surface area contributed by atoms with Gasteiger partial charge in [0.15, 0.2) is 0 Å². The molecule has 2 N–H and O–H groups in total. The molecule has 0 aromatic heterocycles. The number of carbonyl (C=O) groups is 1. The summed E-state index contributed by atoms with van der Waals surface area (Å²) in [4.78, 5) is 12.1. The van der Waals surface area contributed by atoms with Gasteiger partial charge in [-0.25, -0.2) is 0 Å².